The average molecular weight is 404 g/mol. The molecule has 0 spiro atoms. The molecule has 0 aliphatic heterocycles. The van der Waals surface area contributed by atoms with Crippen LogP contribution in [0.1, 0.15) is 51.3 Å². The lowest BCUT2D eigenvalue weighted by Gasteiger charge is -2.17. The number of benzene rings is 1. The number of phosphoric ester groups is 1. The molecule has 0 heterocycles. The minimum atomic E-state index is -3.71. The summed E-state index contributed by atoms with van der Waals surface area (Å²) < 4.78 is 41.9. The van der Waals surface area contributed by atoms with Crippen LogP contribution >= 0.6 is 7.82 Å². The molecule has 0 aliphatic carbocycles. The van der Waals surface area contributed by atoms with E-state index in [1.807, 2.05) is 0 Å². The Morgan fingerprint density at radius 3 is 2.26 bits per heavy atom. The normalized spacial score (nSPS) is 12.6. The van der Waals surface area contributed by atoms with E-state index in [1.165, 1.54) is 24.3 Å². The van der Waals surface area contributed by atoms with Gasteiger partial charge in [-0.1, -0.05) is 25.0 Å². The lowest BCUT2D eigenvalue weighted by Crippen LogP contribution is -2.28. The molecular weight excluding hydrogens is 374 g/mol. The SMILES string of the molecule is CCOP(=O)(OCC)Oc1ccc(C(F)C(=O)NCCCCCCN)cc1. The summed E-state index contributed by atoms with van der Waals surface area (Å²) in [5, 5.41) is 2.58. The highest BCUT2D eigenvalue weighted by atomic mass is 31.2. The van der Waals surface area contributed by atoms with E-state index in [1.54, 1.807) is 13.8 Å². The molecule has 1 aromatic rings. The summed E-state index contributed by atoms with van der Waals surface area (Å²) in [6, 6.07) is 5.66. The quantitative estimate of drug-likeness (QED) is 0.360. The Kier molecular flexibility index (Phi) is 11.2. The second-order valence-corrected chi connectivity index (χ2v) is 7.39. The number of halogens is 1. The van der Waals surface area contributed by atoms with Gasteiger partial charge in [-0.05, 0) is 50.9 Å². The highest BCUT2D eigenvalue weighted by Crippen LogP contribution is 2.49. The van der Waals surface area contributed by atoms with E-state index in [0.717, 1.165) is 25.7 Å². The molecule has 1 atom stereocenters. The fraction of sp³-hybridized carbons (Fsp3) is 0.611. The maximum absolute atomic E-state index is 14.3. The summed E-state index contributed by atoms with van der Waals surface area (Å²) in [5.74, 6) is -0.478. The number of rotatable bonds is 14. The van der Waals surface area contributed by atoms with E-state index in [2.05, 4.69) is 5.32 Å². The second-order valence-electron chi connectivity index (χ2n) is 5.80. The first-order chi connectivity index (χ1) is 13.0. The molecule has 0 radical (unpaired) electrons. The van der Waals surface area contributed by atoms with E-state index in [-0.39, 0.29) is 24.5 Å². The number of nitrogens with two attached hydrogens (primary N) is 1. The molecule has 1 aromatic carbocycles. The molecule has 0 bridgehead atoms. The molecule has 0 fully saturated rings. The summed E-state index contributed by atoms with van der Waals surface area (Å²) in [5.41, 5.74) is 5.60. The van der Waals surface area contributed by atoms with Crippen LogP contribution in [0.15, 0.2) is 24.3 Å². The summed E-state index contributed by atoms with van der Waals surface area (Å²) in [7, 11) is -3.71. The van der Waals surface area contributed by atoms with Crippen LogP contribution in [0.4, 0.5) is 4.39 Å². The van der Waals surface area contributed by atoms with Crippen molar-refractivity contribution in [2.75, 3.05) is 26.3 Å². The lowest BCUT2D eigenvalue weighted by atomic mass is 10.1. The monoisotopic (exact) mass is 404 g/mol. The fourth-order valence-corrected chi connectivity index (χ4v) is 3.50. The minimum absolute atomic E-state index is 0.161. The first-order valence-electron chi connectivity index (χ1n) is 9.26. The Bertz CT molecular complexity index is 590. The van der Waals surface area contributed by atoms with Crippen LogP contribution in [0.2, 0.25) is 0 Å². The Morgan fingerprint density at radius 1 is 1.11 bits per heavy atom. The third-order valence-corrected chi connectivity index (χ3v) is 5.21. The van der Waals surface area contributed by atoms with Gasteiger partial charge in [0.25, 0.3) is 5.91 Å². The van der Waals surface area contributed by atoms with Gasteiger partial charge in [-0.2, -0.15) is 0 Å². The predicted molar refractivity (Wildman–Crippen MR) is 102 cm³/mol. The molecule has 27 heavy (non-hydrogen) atoms. The van der Waals surface area contributed by atoms with Crippen LogP contribution in [0, 0.1) is 0 Å². The third-order valence-electron chi connectivity index (χ3n) is 3.62. The van der Waals surface area contributed by atoms with Crippen LogP contribution < -0.4 is 15.6 Å². The molecule has 0 aromatic heterocycles. The molecule has 0 saturated carbocycles. The van der Waals surface area contributed by atoms with Crippen molar-refractivity contribution in [3.8, 4) is 5.75 Å². The first-order valence-corrected chi connectivity index (χ1v) is 10.7. The van der Waals surface area contributed by atoms with E-state index in [0.29, 0.717) is 13.1 Å². The van der Waals surface area contributed by atoms with Gasteiger partial charge in [-0.25, -0.2) is 8.96 Å². The van der Waals surface area contributed by atoms with E-state index >= 15 is 0 Å². The Morgan fingerprint density at radius 2 is 1.70 bits per heavy atom. The highest BCUT2D eigenvalue weighted by Gasteiger charge is 2.27. The van der Waals surface area contributed by atoms with Crippen molar-refractivity contribution in [1.29, 1.82) is 0 Å². The largest absolute Gasteiger partial charge is 0.530 e. The molecule has 1 amide bonds. The lowest BCUT2D eigenvalue weighted by molar-refractivity contribution is -0.126. The molecule has 9 heteroatoms. The number of carbonyl (C=O) groups is 1. The van der Waals surface area contributed by atoms with E-state index in [9.17, 15) is 13.8 Å². The fourth-order valence-electron chi connectivity index (χ4n) is 2.31. The molecule has 0 aliphatic rings. The van der Waals surface area contributed by atoms with Gasteiger partial charge in [-0.15, -0.1) is 0 Å². The number of carbonyl (C=O) groups excluding carboxylic acids is 1. The Labute approximate surface area is 160 Å². The van der Waals surface area contributed by atoms with Gasteiger partial charge in [0, 0.05) is 6.54 Å². The summed E-state index contributed by atoms with van der Waals surface area (Å²) >= 11 is 0. The Hall–Kier alpha value is -1.47. The van der Waals surface area contributed by atoms with Gasteiger partial charge >= 0.3 is 7.82 Å². The third kappa shape index (κ3) is 8.84. The summed E-state index contributed by atoms with van der Waals surface area (Å²) in [6.45, 7) is 4.74. The molecule has 3 N–H and O–H groups in total. The zero-order valence-corrected chi connectivity index (χ0v) is 16.9. The van der Waals surface area contributed by atoms with Gasteiger partial charge in [0.05, 0.1) is 13.2 Å². The highest BCUT2D eigenvalue weighted by molar-refractivity contribution is 7.48. The average Bonchev–Trinajstić information content (AvgIpc) is 2.64. The van der Waals surface area contributed by atoms with Crippen molar-refractivity contribution in [2.45, 2.75) is 45.7 Å². The zero-order valence-electron chi connectivity index (χ0n) is 16.0. The van der Waals surface area contributed by atoms with Crippen molar-refractivity contribution < 1.29 is 27.3 Å². The molecule has 7 nitrogen and oxygen atoms in total. The number of unbranched alkanes of at least 4 members (excludes halogenated alkanes) is 3. The molecular formula is C18H30FN2O5P. The van der Waals surface area contributed by atoms with Crippen LogP contribution in [0.3, 0.4) is 0 Å². The van der Waals surface area contributed by atoms with Crippen molar-refractivity contribution in [3.05, 3.63) is 29.8 Å². The number of hydrogen-bond acceptors (Lipinski definition) is 6. The molecule has 1 rings (SSSR count). The van der Waals surface area contributed by atoms with Gasteiger partial charge in [0.15, 0.2) is 0 Å². The number of alkyl halides is 1. The van der Waals surface area contributed by atoms with E-state index in [4.69, 9.17) is 19.3 Å². The predicted octanol–water partition coefficient (Wildman–Crippen LogP) is 3.89. The summed E-state index contributed by atoms with van der Waals surface area (Å²) in [4.78, 5) is 11.9. The van der Waals surface area contributed by atoms with Crippen LogP contribution in [0.25, 0.3) is 0 Å². The second kappa shape index (κ2) is 12.8. The topological polar surface area (TPSA) is 99.9 Å². The maximum atomic E-state index is 14.3. The van der Waals surface area contributed by atoms with Crippen molar-refractivity contribution in [3.63, 3.8) is 0 Å². The molecule has 1 unspecified atom stereocenters. The summed E-state index contributed by atoms with van der Waals surface area (Å²) in [6.07, 6.45) is 1.90. The van der Waals surface area contributed by atoms with Crippen LogP contribution in [-0.4, -0.2) is 32.2 Å². The van der Waals surface area contributed by atoms with Crippen molar-refractivity contribution in [2.24, 2.45) is 5.73 Å². The van der Waals surface area contributed by atoms with Gasteiger partial charge in [-0.3, -0.25) is 13.8 Å². The molecule has 154 valence electrons. The van der Waals surface area contributed by atoms with Gasteiger partial charge in [0.1, 0.15) is 5.75 Å². The first kappa shape index (κ1) is 23.6. The van der Waals surface area contributed by atoms with E-state index < -0.39 is 19.9 Å². The van der Waals surface area contributed by atoms with Crippen LogP contribution in [-0.2, 0) is 18.4 Å². The number of nitrogens with one attached hydrogen (secondary N) is 1. The van der Waals surface area contributed by atoms with Gasteiger partial charge < -0.3 is 15.6 Å². The van der Waals surface area contributed by atoms with Crippen LogP contribution in [0.5, 0.6) is 5.75 Å². The number of amides is 1. The Balaban J connectivity index is 2.54. The van der Waals surface area contributed by atoms with Crippen molar-refractivity contribution >= 4 is 13.7 Å². The number of hydrogen-bond donors (Lipinski definition) is 2. The minimum Gasteiger partial charge on any atom is -0.404 e. The van der Waals surface area contributed by atoms with Crippen molar-refractivity contribution in [1.82, 2.24) is 5.32 Å². The molecule has 0 saturated heterocycles. The zero-order chi connectivity index (χ0) is 20.1. The maximum Gasteiger partial charge on any atom is 0.530 e. The standard InChI is InChI=1S/C18H30FN2O5P/c1-3-24-27(23,25-4-2)26-16-11-9-15(10-12-16)17(19)18(22)21-14-8-6-5-7-13-20/h9-12,17H,3-8,13-14,20H2,1-2H3,(H,21,22). The number of phosphoric acid groups is 1. The van der Waals surface area contributed by atoms with Gasteiger partial charge in [0.2, 0.25) is 6.17 Å². The smallest absolute Gasteiger partial charge is 0.404 e.